The third kappa shape index (κ3) is 3.09. The Bertz CT molecular complexity index is 839. The van der Waals surface area contributed by atoms with E-state index in [1.165, 1.54) is 4.31 Å². The molecule has 7 nitrogen and oxygen atoms in total. The molecule has 0 bridgehead atoms. The van der Waals surface area contributed by atoms with Crippen LogP contribution in [0.3, 0.4) is 0 Å². The molecule has 1 fully saturated rings. The molecule has 2 aromatic rings. The minimum absolute atomic E-state index is 0.223. The fourth-order valence-corrected chi connectivity index (χ4v) is 5.36. The van der Waals surface area contributed by atoms with E-state index in [0.717, 1.165) is 11.1 Å². The van der Waals surface area contributed by atoms with E-state index in [0.29, 0.717) is 44.2 Å². The fraction of sp³-hybridized carbons (Fsp3) is 0.529. The molecule has 0 amide bonds. The van der Waals surface area contributed by atoms with Crippen LogP contribution in [0, 0.1) is 0 Å². The fourth-order valence-electron chi connectivity index (χ4n) is 3.49. The van der Waals surface area contributed by atoms with Crippen LogP contribution in [0.15, 0.2) is 28.7 Å². The van der Waals surface area contributed by atoms with Crippen molar-refractivity contribution in [3.05, 3.63) is 47.2 Å². The summed E-state index contributed by atoms with van der Waals surface area (Å²) in [6, 6.07) is 7.94. The maximum Gasteiger partial charge on any atom is 0.246 e. The first-order chi connectivity index (χ1) is 12.1. The van der Waals surface area contributed by atoms with Crippen LogP contribution in [-0.2, 0) is 34.0 Å². The van der Waals surface area contributed by atoms with Gasteiger partial charge in [0.15, 0.2) is 0 Å². The molecule has 2 heterocycles. The van der Waals surface area contributed by atoms with Crippen molar-refractivity contribution in [2.24, 2.45) is 0 Å². The first-order valence-electron chi connectivity index (χ1n) is 8.57. The molecule has 2 aliphatic rings. The highest BCUT2D eigenvalue weighted by Gasteiger charge is 2.40. The summed E-state index contributed by atoms with van der Waals surface area (Å²) in [6.45, 7) is 2.84. The van der Waals surface area contributed by atoms with Gasteiger partial charge < -0.3 is 9.15 Å². The standard InChI is InChI=1S/C17H21N3O4S/c1-2-16-18-19-17(24-16)15-11-20(7-8-23-15)25(21,22)14-9-12-5-3-4-6-13(12)10-14/h3-6,14-15H,2,7-11H2,1H3/t15-/m1/s1. The van der Waals surface area contributed by atoms with Crippen molar-refractivity contribution in [3.8, 4) is 0 Å². The van der Waals surface area contributed by atoms with Gasteiger partial charge in [-0.25, -0.2) is 8.42 Å². The molecule has 1 aromatic heterocycles. The lowest BCUT2D eigenvalue weighted by atomic mass is 10.1. The van der Waals surface area contributed by atoms with E-state index in [4.69, 9.17) is 9.15 Å². The minimum atomic E-state index is -3.41. The number of hydrogen-bond acceptors (Lipinski definition) is 6. The lowest BCUT2D eigenvalue weighted by Crippen LogP contribution is -2.46. The Morgan fingerprint density at radius 2 is 1.92 bits per heavy atom. The van der Waals surface area contributed by atoms with Crippen molar-refractivity contribution in [1.29, 1.82) is 0 Å². The van der Waals surface area contributed by atoms with E-state index in [9.17, 15) is 8.42 Å². The van der Waals surface area contributed by atoms with Crippen LogP contribution in [0.4, 0.5) is 0 Å². The third-order valence-electron chi connectivity index (χ3n) is 4.88. The summed E-state index contributed by atoms with van der Waals surface area (Å²) in [5.41, 5.74) is 2.26. The summed E-state index contributed by atoms with van der Waals surface area (Å²) in [5.74, 6) is 0.885. The number of aromatic nitrogens is 2. The number of rotatable bonds is 4. The third-order valence-corrected chi connectivity index (χ3v) is 7.11. The molecule has 1 aromatic carbocycles. The van der Waals surface area contributed by atoms with Crippen molar-refractivity contribution in [2.45, 2.75) is 37.5 Å². The maximum atomic E-state index is 13.1. The monoisotopic (exact) mass is 363 g/mol. The van der Waals surface area contributed by atoms with Crippen LogP contribution in [0.5, 0.6) is 0 Å². The number of sulfonamides is 1. The lowest BCUT2D eigenvalue weighted by molar-refractivity contribution is -0.0180. The molecule has 134 valence electrons. The molecule has 1 saturated heterocycles. The molecule has 8 heteroatoms. The first-order valence-corrected chi connectivity index (χ1v) is 10.1. The SMILES string of the molecule is CCc1nnc([C@H]2CN(S(=O)(=O)C3Cc4ccccc4C3)CCO2)o1. The number of fused-ring (bicyclic) bond motifs is 1. The molecule has 1 aliphatic heterocycles. The van der Waals surface area contributed by atoms with Crippen molar-refractivity contribution in [2.75, 3.05) is 19.7 Å². The van der Waals surface area contributed by atoms with Crippen molar-refractivity contribution >= 4 is 10.0 Å². The summed E-state index contributed by atoms with van der Waals surface area (Å²) >= 11 is 0. The largest absolute Gasteiger partial charge is 0.422 e. The van der Waals surface area contributed by atoms with E-state index < -0.39 is 21.4 Å². The highest BCUT2D eigenvalue weighted by molar-refractivity contribution is 7.89. The molecule has 0 saturated carbocycles. The molecular weight excluding hydrogens is 342 g/mol. The van der Waals surface area contributed by atoms with E-state index in [2.05, 4.69) is 10.2 Å². The van der Waals surface area contributed by atoms with Gasteiger partial charge in [0.1, 0.15) is 6.10 Å². The zero-order valence-corrected chi connectivity index (χ0v) is 14.9. The predicted octanol–water partition coefficient (Wildman–Crippen LogP) is 1.50. The average Bonchev–Trinajstić information content (AvgIpc) is 3.29. The second-order valence-corrected chi connectivity index (χ2v) is 8.66. The van der Waals surface area contributed by atoms with E-state index in [1.807, 2.05) is 31.2 Å². The lowest BCUT2D eigenvalue weighted by Gasteiger charge is -2.32. The first kappa shape index (κ1) is 16.7. The Hall–Kier alpha value is -1.77. The number of hydrogen-bond donors (Lipinski definition) is 0. The van der Waals surface area contributed by atoms with Crippen LogP contribution in [0.2, 0.25) is 0 Å². The molecule has 0 unspecified atom stereocenters. The van der Waals surface area contributed by atoms with Crippen LogP contribution >= 0.6 is 0 Å². The Kier molecular flexibility index (Phi) is 4.35. The minimum Gasteiger partial charge on any atom is -0.422 e. The number of nitrogens with zero attached hydrogens (tertiary/aromatic N) is 3. The second kappa shape index (κ2) is 6.51. The Labute approximate surface area is 147 Å². The second-order valence-electron chi connectivity index (χ2n) is 6.45. The van der Waals surface area contributed by atoms with Crippen LogP contribution in [0.25, 0.3) is 0 Å². The summed E-state index contributed by atoms with van der Waals surface area (Å²) < 4.78 is 38.9. The topological polar surface area (TPSA) is 85.5 Å². The summed E-state index contributed by atoms with van der Waals surface area (Å²) in [4.78, 5) is 0. The molecule has 25 heavy (non-hydrogen) atoms. The molecule has 1 aliphatic carbocycles. The molecule has 1 atom stereocenters. The molecule has 0 spiro atoms. The number of benzene rings is 1. The van der Waals surface area contributed by atoms with Crippen molar-refractivity contribution < 1.29 is 17.6 Å². The Morgan fingerprint density at radius 1 is 1.20 bits per heavy atom. The average molecular weight is 363 g/mol. The highest BCUT2D eigenvalue weighted by atomic mass is 32.2. The summed E-state index contributed by atoms with van der Waals surface area (Å²) in [7, 11) is -3.41. The summed E-state index contributed by atoms with van der Waals surface area (Å²) in [5, 5.41) is 7.53. The number of aryl methyl sites for hydroxylation is 1. The van der Waals surface area contributed by atoms with Gasteiger partial charge >= 0.3 is 0 Å². The highest BCUT2D eigenvalue weighted by Crippen LogP contribution is 2.31. The van der Waals surface area contributed by atoms with Crippen LogP contribution < -0.4 is 0 Å². The predicted molar refractivity (Wildman–Crippen MR) is 90.5 cm³/mol. The van der Waals surface area contributed by atoms with Crippen molar-refractivity contribution in [3.63, 3.8) is 0 Å². The molecule has 0 N–H and O–H groups in total. The quantitative estimate of drug-likeness (QED) is 0.818. The van der Waals surface area contributed by atoms with Gasteiger partial charge in [-0.1, -0.05) is 31.2 Å². The van der Waals surface area contributed by atoms with Gasteiger partial charge in [0.05, 0.1) is 11.9 Å². The van der Waals surface area contributed by atoms with Crippen LogP contribution in [-0.4, -0.2) is 47.9 Å². The maximum absolute atomic E-state index is 13.1. The van der Waals surface area contributed by atoms with Gasteiger partial charge in [-0.05, 0) is 24.0 Å². The van der Waals surface area contributed by atoms with Gasteiger partial charge in [-0.15, -0.1) is 10.2 Å². The van der Waals surface area contributed by atoms with Gasteiger partial charge in [-0.2, -0.15) is 4.31 Å². The normalized spacial score (nSPS) is 22.2. The zero-order valence-electron chi connectivity index (χ0n) is 14.1. The van der Waals surface area contributed by atoms with Gasteiger partial charge in [-0.3, -0.25) is 0 Å². The molecular formula is C17H21N3O4S. The van der Waals surface area contributed by atoms with E-state index in [1.54, 1.807) is 0 Å². The van der Waals surface area contributed by atoms with Gasteiger partial charge in [0.2, 0.25) is 21.8 Å². The number of ether oxygens (including phenoxy) is 1. The Morgan fingerprint density at radius 3 is 2.56 bits per heavy atom. The molecule has 4 rings (SSSR count). The van der Waals surface area contributed by atoms with E-state index in [-0.39, 0.29) is 6.54 Å². The van der Waals surface area contributed by atoms with Gasteiger partial charge in [0, 0.05) is 19.5 Å². The van der Waals surface area contributed by atoms with Gasteiger partial charge in [0.25, 0.3) is 0 Å². The van der Waals surface area contributed by atoms with E-state index >= 15 is 0 Å². The smallest absolute Gasteiger partial charge is 0.246 e. The number of morpholine rings is 1. The van der Waals surface area contributed by atoms with Crippen LogP contribution in [0.1, 0.15) is 35.9 Å². The molecule has 0 radical (unpaired) electrons. The van der Waals surface area contributed by atoms with Crippen molar-refractivity contribution in [1.82, 2.24) is 14.5 Å². The summed E-state index contributed by atoms with van der Waals surface area (Å²) in [6.07, 6.45) is 1.28. The Balaban J connectivity index is 1.51. The zero-order chi connectivity index (χ0) is 17.4.